The maximum atomic E-state index is 8.70. The van der Waals surface area contributed by atoms with Crippen molar-refractivity contribution in [2.75, 3.05) is 13.2 Å². The van der Waals surface area contributed by atoms with E-state index in [0.717, 1.165) is 17.0 Å². The topological polar surface area (TPSA) is 42.4 Å². The molecule has 14 heavy (non-hydrogen) atoms. The molecule has 1 saturated carbocycles. The van der Waals surface area contributed by atoms with E-state index in [1.165, 1.54) is 12.8 Å². The Morgan fingerprint density at radius 3 is 3.00 bits per heavy atom. The zero-order chi connectivity index (χ0) is 9.97. The molecule has 0 aliphatic heterocycles. The summed E-state index contributed by atoms with van der Waals surface area (Å²) in [5, 5.41) is 8.70. The van der Waals surface area contributed by atoms with Crippen LogP contribution in [0.2, 0.25) is 0 Å². The number of ether oxygens (including phenoxy) is 1. The summed E-state index contributed by atoms with van der Waals surface area (Å²) in [4.78, 5) is 4.39. The van der Waals surface area contributed by atoms with Gasteiger partial charge in [0.1, 0.15) is 12.4 Å². The number of aryl methyl sites for hydroxylation is 1. The molecule has 0 spiro atoms. The van der Waals surface area contributed by atoms with Gasteiger partial charge in [-0.05, 0) is 31.4 Å². The highest BCUT2D eigenvalue weighted by Gasteiger charge is 2.28. The van der Waals surface area contributed by atoms with Crippen molar-refractivity contribution in [3.8, 4) is 5.75 Å². The van der Waals surface area contributed by atoms with Gasteiger partial charge in [0.15, 0.2) is 0 Å². The minimum absolute atomic E-state index is 0.0536. The quantitative estimate of drug-likeness (QED) is 0.790. The Kier molecular flexibility index (Phi) is 2.68. The van der Waals surface area contributed by atoms with Gasteiger partial charge in [-0.25, -0.2) is 0 Å². The van der Waals surface area contributed by atoms with Crippen molar-refractivity contribution in [3.05, 3.63) is 23.5 Å². The number of rotatable bonds is 4. The summed E-state index contributed by atoms with van der Waals surface area (Å²) >= 11 is 0. The molecule has 1 N–H and O–H groups in total. The zero-order valence-corrected chi connectivity index (χ0v) is 8.36. The summed E-state index contributed by atoms with van der Waals surface area (Å²) in [6.07, 6.45) is 4.30. The molecule has 76 valence electrons. The third-order valence-electron chi connectivity index (χ3n) is 2.33. The molecule has 0 unspecified atom stereocenters. The van der Waals surface area contributed by atoms with E-state index in [-0.39, 0.29) is 6.61 Å². The maximum absolute atomic E-state index is 8.70. The highest BCUT2D eigenvalue weighted by molar-refractivity contribution is 5.35. The Bertz CT molecular complexity index is 321. The van der Waals surface area contributed by atoms with Crippen molar-refractivity contribution < 1.29 is 9.84 Å². The first-order valence-electron chi connectivity index (χ1n) is 5.01. The number of hydrogen-bond donors (Lipinski definition) is 1. The number of hydrogen-bond acceptors (Lipinski definition) is 3. The summed E-state index contributed by atoms with van der Waals surface area (Å²) in [5.41, 5.74) is 2.16. The molecule has 0 atom stereocenters. The van der Waals surface area contributed by atoms with Crippen LogP contribution in [0.1, 0.15) is 30.0 Å². The van der Waals surface area contributed by atoms with E-state index in [1.807, 2.05) is 19.2 Å². The summed E-state index contributed by atoms with van der Waals surface area (Å²) in [6.45, 7) is 2.40. The first-order valence-corrected chi connectivity index (χ1v) is 5.01. The van der Waals surface area contributed by atoms with Gasteiger partial charge >= 0.3 is 0 Å². The molecule has 1 fully saturated rings. The molecule has 3 nitrogen and oxygen atoms in total. The van der Waals surface area contributed by atoms with E-state index < -0.39 is 0 Å². The number of aliphatic hydroxyl groups excluding tert-OH is 1. The molecule has 1 aromatic heterocycles. The average Bonchev–Trinajstić information content (AvgIpc) is 2.98. The number of pyridine rings is 1. The van der Waals surface area contributed by atoms with Crippen LogP contribution in [0.25, 0.3) is 0 Å². The van der Waals surface area contributed by atoms with Crippen molar-refractivity contribution in [3.63, 3.8) is 0 Å². The van der Waals surface area contributed by atoms with Gasteiger partial charge in [-0.2, -0.15) is 0 Å². The third-order valence-corrected chi connectivity index (χ3v) is 2.33. The second-order valence-corrected chi connectivity index (χ2v) is 3.74. The second kappa shape index (κ2) is 3.96. The number of aromatic nitrogens is 1. The van der Waals surface area contributed by atoms with Gasteiger partial charge in [-0.15, -0.1) is 0 Å². The Balaban J connectivity index is 2.19. The Morgan fingerprint density at radius 1 is 1.57 bits per heavy atom. The third kappa shape index (κ3) is 2.04. The lowest BCUT2D eigenvalue weighted by Crippen LogP contribution is -2.04. The lowest BCUT2D eigenvalue weighted by Gasteiger charge is -2.09. The molecule has 0 bridgehead atoms. The predicted octanol–water partition coefficient (Wildman–Crippen LogP) is 1.64. The van der Waals surface area contributed by atoms with Gasteiger partial charge in [0.25, 0.3) is 0 Å². The Morgan fingerprint density at radius 2 is 2.36 bits per heavy atom. The standard InChI is InChI=1S/C11H15NO2/c1-8-6-10(14-5-4-13)11(12-7-8)9-2-3-9/h6-7,9,13H,2-5H2,1H3. The average molecular weight is 193 g/mol. The molecule has 1 aromatic rings. The van der Waals surface area contributed by atoms with Crippen molar-refractivity contribution >= 4 is 0 Å². The molecule has 3 heteroatoms. The van der Waals surface area contributed by atoms with E-state index in [1.54, 1.807) is 0 Å². The highest BCUT2D eigenvalue weighted by atomic mass is 16.5. The second-order valence-electron chi connectivity index (χ2n) is 3.74. The lowest BCUT2D eigenvalue weighted by atomic mass is 10.2. The monoisotopic (exact) mass is 193 g/mol. The van der Waals surface area contributed by atoms with E-state index in [9.17, 15) is 0 Å². The van der Waals surface area contributed by atoms with Crippen molar-refractivity contribution in [2.24, 2.45) is 0 Å². The predicted molar refractivity (Wildman–Crippen MR) is 53.5 cm³/mol. The van der Waals surface area contributed by atoms with Crippen LogP contribution in [0.4, 0.5) is 0 Å². The van der Waals surface area contributed by atoms with E-state index in [0.29, 0.717) is 12.5 Å². The van der Waals surface area contributed by atoms with E-state index >= 15 is 0 Å². The molecule has 2 rings (SSSR count). The molecule has 0 saturated heterocycles. The molecular formula is C11H15NO2. The summed E-state index contributed by atoms with van der Waals surface area (Å²) in [6, 6.07) is 2.00. The lowest BCUT2D eigenvalue weighted by molar-refractivity contribution is 0.199. The molecule has 1 heterocycles. The zero-order valence-electron chi connectivity index (χ0n) is 8.36. The van der Waals surface area contributed by atoms with Gasteiger partial charge in [0, 0.05) is 12.1 Å². The van der Waals surface area contributed by atoms with Crippen LogP contribution in [-0.4, -0.2) is 23.3 Å². The van der Waals surface area contributed by atoms with Gasteiger partial charge in [-0.1, -0.05) is 0 Å². The summed E-state index contributed by atoms with van der Waals surface area (Å²) < 4.78 is 5.46. The number of aliphatic hydroxyl groups is 1. The largest absolute Gasteiger partial charge is 0.489 e. The molecule has 1 aliphatic carbocycles. The summed E-state index contributed by atoms with van der Waals surface area (Å²) in [7, 11) is 0. The minimum atomic E-state index is 0.0536. The van der Waals surface area contributed by atoms with E-state index in [2.05, 4.69) is 4.98 Å². The fraction of sp³-hybridized carbons (Fsp3) is 0.545. The molecule has 1 aliphatic rings. The molecule has 0 radical (unpaired) electrons. The maximum Gasteiger partial charge on any atom is 0.141 e. The fourth-order valence-corrected chi connectivity index (χ4v) is 1.49. The minimum Gasteiger partial charge on any atom is -0.489 e. The van der Waals surface area contributed by atoms with Crippen LogP contribution in [0, 0.1) is 6.92 Å². The Labute approximate surface area is 83.7 Å². The molecule has 0 amide bonds. The van der Waals surface area contributed by atoms with Crippen LogP contribution in [0.5, 0.6) is 5.75 Å². The van der Waals surface area contributed by atoms with Crippen LogP contribution in [0.15, 0.2) is 12.3 Å². The van der Waals surface area contributed by atoms with Crippen molar-refractivity contribution in [1.82, 2.24) is 4.98 Å². The van der Waals surface area contributed by atoms with Crippen LogP contribution >= 0.6 is 0 Å². The van der Waals surface area contributed by atoms with Gasteiger partial charge in [0.2, 0.25) is 0 Å². The highest BCUT2D eigenvalue weighted by Crippen LogP contribution is 2.43. The Hall–Kier alpha value is -1.09. The van der Waals surface area contributed by atoms with Crippen LogP contribution in [0.3, 0.4) is 0 Å². The first kappa shape index (κ1) is 9.46. The SMILES string of the molecule is Cc1cnc(C2CC2)c(OCCO)c1. The van der Waals surface area contributed by atoms with Gasteiger partial charge in [0.05, 0.1) is 12.3 Å². The van der Waals surface area contributed by atoms with Crippen molar-refractivity contribution in [2.45, 2.75) is 25.7 Å². The van der Waals surface area contributed by atoms with Gasteiger partial charge in [-0.3, -0.25) is 4.98 Å². The van der Waals surface area contributed by atoms with Crippen LogP contribution in [-0.2, 0) is 0 Å². The van der Waals surface area contributed by atoms with Gasteiger partial charge < -0.3 is 9.84 Å². The first-order chi connectivity index (χ1) is 6.81. The van der Waals surface area contributed by atoms with E-state index in [4.69, 9.17) is 9.84 Å². The van der Waals surface area contributed by atoms with Crippen molar-refractivity contribution in [1.29, 1.82) is 0 Å². The van der Waals surface area contributed by atoms with Crippen LogP contribution < -0.4 is 4.74 Å². The summed E-state index contributed by atoms with van der Waals surface area (Å²) in [5.74, 6) is 1.44. The number of nitrogens with zero attached hydrogens (tertiary/aromatic N) is 1. The normalized spacial score (nSPS) is 15.6. The fourth-order valence-electron chi connectivity index (χ4n) is 1.49. The molecule has 0 aromatic carbocycles. The smallest absolute Gasteiger partial charge is 0.141 e. The molecular weight excluding hydrogens is 178 g/mol.